The van der Waals surface area contributed by atoms with Crippen molar-refractivity contribution in [3.63, 3.8) is 0 Å². The van der Waals surface area contributed by atoms with Gasteiger partial charge in [0.25, 0.3) is 10.0 Å². The molecule has 1 atom stereocenters. The van der Waals surface area contributed by atoms with Gasteiger partial charge in [0.05, 0.1) is 12.1 Å². The summed E-state index contributed by atoms with van der Waals surface area (Å²) < 4.78 is 25.5. The Morgan fingerprint density at radius 3 is 2.82 bits per heavy atom. The van der Waals surface area contributed by atoms with Gasteiger partial charge in [0, 0.05) is 6.54 Å². The topological polar surface area (TPSA) is 112 Å². The van der Waals surface area contributed by atoms with E-state index < -0.39 is 21.9 Å². The number of rotatable bonds is 7. The fourth-order valence-corrected chi connectivity index (χ4v) is 2.33. The molecule has 1 unspecified atom stereocenters. The molecule has 0 saturated carbocycles. The Hall–Kier alpha value is -1.41. The van der Waals surface area contributed by atoms with Crippen molar-refractivity contribution in [2.75, 3.05) is 6.54 Å². The van der Waals surface area contributed by atoms with Crippen molar-refractivity contribution in [3.05, 3.63) is 12.3 Å². The summed E-state index contributed by atoms with van der Waals surface area (Å²) in [4.78, 5) is 10.8. The highest BCUT2D eigenvalue weighted by molar-refractivity contribution is 7.89. The van der Waals surface area contributed by atoms with Crippen LogP contribution in [-0.4, -0.2) is 36.2 Å². The van der Waals surface area contributed by atoms with E-state index in [1.165, 1.54) is 12.3 Å². The van der Waals surface area contributed by atoms with Gasteiger partial charge in [-0.3, -0.25) is 9.89 Å². The summed E-state index contributed by atoms with van der Waals surface area (Å²) in [7, 11) is -3.70. The number of hydrogen-bond acceptors (Lipinski definition) is 4. The largest absolute Gasteiger partial charge is 0.481 e. The van der Waals surface area contributed by atoms with E-state index >= 15 is 0 Å². The Balaban J connectivity index is 2.63. The number of carbonyl (C=O) groups is 1. The van der Waals surface area contributed by atoms with Gasteiger partial charge < -0.3 is 5.11 Å². The fourth-order valence-electron chi connectivity index (χ4n) is 1.34. The molecule has 17 heavy (non-hydrogen) atoms. The lowest BCUT2D eigenvalue weighted by Crippen LogP contribution is -2.33. The number of carboxylic acids is 1. The molecule has 0 radical (unpaired) electrons. The Labute approximate surface area is 99.3 Å². The van der Waals surface area contributed by atoms with Gasteiger partial charge in [-0.15, -0.1) is 0 Å². The molecule has 1 aromatic rings. The number of aliphatic carboxylic acids is 1. The van der Waals surface area contributed by atoms with Gasteiger partial charge in [-0.1, -0.05) is 13.3 Å². The second-order valence-corrected chi connectivity index (χ2v) is 5.33. The Morgan fingerprint density at radius 1 is 1.65 bits per heavy atom. The zero-order valence-corrected chi connectivity index (χ0v) is 10.2. The number of carboxylic acid groups (broad SMARTS) is 1. The van der Waals surface area contributed by atoms with Crippen molar-refractivity contribution >= 4 is 16.0 Å². The monoisotopic (exact) mass is 261 g/mol. The van der Waals surface area contributed by atoms with E-state index in [4.69, 9.17) is 5.11 Å². The second kappa shape index (κ2) is 5.78. The molecule has 1 heterocycles. The number of hydrogen-bond donors (Lipinski definition) is 3. The normalized spacial score (nSPS) is 13.5. The van der Waals surface area contributed by atoms with Crippen LogP contribution in [-0.2, 0) is 14.8 Å². The second-order valence-electron chi connectivity index (χ2n) is 3.60. The maximum absolute atomic E-state index is 11.6. The summed E-state index contributed by atoms with van der Waals surface area (Å²) in [5, 5.41) is 14.6. The van der Waals surface area contributed by atoms with E-state index in [9.17, 15) is 13.2 Å². The van der Waals surface area contributed by atoms with Gasteiger partial charge in [0.2, 0.25) is 0 Å². The first-order valence-electron chi connectivity index (χ1n) is 5.19. The molecule has 0 fully saturated rings. The van der Waals surface area contributed by atoms with Crippen LogP contribution in [0.2, 0.25) is 0 Å². The molecule has 3 N–H and O–H groups in total. The van der Waals surface area contributed by atoms with Gasteiger partial charge in [0.15, 0.2) is 5.03 Å². The quantitative estimate of drug-likeness (QED) is 0.648. The van der Waals surface area contributed by atoms with Crippen molar-refractivity contribution in [2.24, 2.45) is 5.92 Å². The van der Waals surface area contributed by atoms with Crippen molar-refractivity contribution in [1.29, 1.82) is 0 Å². The fraction of sp³-hybridized carbons (Fsp3) is 0.556. The van der Waals surface area contributed by atoms with E-state index in [0.29, 0.717) is 12.8 Å². The highest BCUT2D eigenvalue weighted by atomic mass is 32.2. The van der Waals surface area contributed by atoms with E-state index in [1.807, 2.05) is 6.92 Å². The molecule has 0 aliphatic rings. The molecule has 7 nitrogen and oxygen atoms in total. The van der Waals surface area contributed by atoms with Crippen molar-refractivity contribution in [3.8, 4) is 0 Å². The maximum atomic E-state index is 11.6. The smallest absolute Gasteiger partial charge is 0.307 e. The highest BCUT2D eigenvalue weighted by Gasteiger charge is 2.21. The van der Waals surface area contributed by atoms with Crippen molar-refractivity contribution in [1.82, 2.24) is 14.9 Å². The molecule has 0 aliphatic heterocycles. The van der Waals surface area contributed by atoms with Gasteiger partial charge in [-0.05, 0) is 12.5 Å². The first-order valence-corrected chi connectivity index (χ1v) is 6.67. The third kappa shape index (κ3) is 3.82. The van der Waals surface area contributed by atoms with Crippen LogP contribution in [0.1, 0.15) is 19.8 Å². The van der Waals surface area contributed by atoms with E-state index in [0.717, 1.165) is 0 Å². The number of sulfonamides is 1. The number of nitrogens with zero attached hydrogens (tertiary/aromatic N) is 1. The summed E-state index contributed by atoms with van der Waals surface area (Å²) >= 11 is 0. The number of nitrogens with one attached hydrogen (secondary N) is 2. The predicted octanol–water partition coefficient (Wildman–Crippen LogP) is 0.189. The Kier molecular flexibility index (Phi) is 4.64. The van der Waals surface area contributed by atoms with Gasteiger partial charge in [-0.25, -0.2) is 13.1 Å². The average Bonchev–Trinajstić information content (AvgIpc) is 2.77. The molecule has 0 aliphatic carbocycles. The SMILES string of the molecule is CCCC(CNS(=O)(=O)c1ccn[nH]1)C(=O)O. The predicted molar refractivity (Wildman–Crippen MR) is 59.8 cm³/mol. The van der Waals surface area contributed by atoms with Gasteiger partial charge in [-0.2, -0.15) is 5.10 Å². The van der Waals surface area contributed by atoms with Crippen LogP contribution in [0.25, 0.3) is 0 Å². The van der Waals surface area contributed by atoms with Crippen LogP contribution in [0, 0.1) is 5.92 Å². The Bertz CT molecular complexity index is 455. The lowest BCUT2D eigenvalue weighted by atomic mass is 10.1. The zero-order chi connectivity index (χ0) is 12.9. The summed E-state index contributed by atoms with van der Waals surface area (Å²) in [5.41, 5.74) is 0. The lowest BCUT2D eigenvalue weighted by Gasteiger charge is -2.11. The first kappa shape index (κ1) is 13.7. The maximum Gasteiger partial charge on any atom is 0.307 e. The third-order valence-electron chi connectivity index (χ3n) is 2.27. The molecule has 0 amide bonds. The summed E-state index contributed by atoms with van der Waals surface area (Å²) in [6.07, 6.45) is 2.43. The van der Waals surface area contributed by atoms with Crippen LogP contribution < -0.4 is 4.72 Å². The minimum absolute atomic E-state index is 0.0712. The molecular formula is C9H15N3O4S. The van der Waals surface area contributed by atoms with Crippen LogP contribution in [0.4, 0.5) is 0 Å². The number of aromatic amines is 1. The molecular weight excluding hydrogens is 246 g/mol. The van der Waals surface area contributed by atoms with Crippen LogP contribution in [0.3, 0.4) is 0 Å². The van der Waals surface area contributed by atoms with Gasteiger partial charge in [0.1, 0.15) is 0 Å². The van der Waals surface area contributed by atoms with Crippen molar-refractivity contribution in [2.45, 2.75) is 24.8 Å². The van der Waals surface area contributed by atoms with Crippen molar-refractivity contribution < 1.29 is 18.3 Å². The van der Waals surface area contributed by atoms with Crippen LogP contribution in [0.5, 0.6) is 0 Å². The first-order chi connectivity index (χ1) is 7.97. The highest BCUT2D eigenvalue weighted by Crippen LogP contribution is 2.08. The summed E-state index contributed by atoms with van der Waals surface area (Å²) in [6.45, 7) is 1.73. The molecule has 0 bridgehead atoms. The lowest BCUT2D eigenvalue weighted by molar-refractivity contribution is -0.141. The standard InChI is InChI=1S/C9H15N3O4S/c1-2-3-7(9(13)14)6-11-17(15,16)8-4-5-10-12-8/h4-5,7,11H,2-3,6H2,1H3,(H,10,12)(H,13,14). The molecule has 1 rings (SSSR count). The summed E-state index contributed by atoms with van der Waals surface area (Å²) in [5.74, 6) is -1.71. The van der Waals surface area contributed by atoms with E-state index in [1.54, 1.807) is 0 Å². The zero-order valence-electron chi connectivity index (χ0n) is 9.38. The molecule has 0 saturated heterocycles. The molecule has 1 aromatic heterocycles. The summed E-state index contributed by atoms with van der Waals surface area (Å²) in [6, 6.07) is 1.30. The average molecular weight is 261 g/mol. The molecule has 96 valence electrons. The van der Waals surface area contributed by atoms with Gasteiger partial charge >= 0.3 is 5.97 Å². The van der Waals surface area contributed by atoms with Crippen LogP contribution in [0.15, 0.2) is 17.3 Å². The third-order valence-corrected chi connectivity index (χ3v) is 3.62. The molecule has 0 aromatic carbocycles. The van der Waals surface area contributed by atoms with E-state index in [-0.39, 0.29) is 11.6 Å². The Morgan fingerprint density at radius 2 is 2.35 bits per heavy atom. The van der Waals surface area contributed by atoms with Crippen LogP contribution >= 0.6 is 0 Å². The number of H-pyrrole nitrogens is 1. The van der Waals surface area contributed by atoms with E-state index in [2.05, 4.69) is 14.9 Å². The minimum Gasteiger partial charge on any atom is -0.481 e. The minimum atomic E-state index is -3.70. The molecule has 0 spiro atoms. The number of aromatic nitrogens is 2. The molecule has 8 heteroatoms.